The van der Waals surface area contributed by atoms with Gasteiger partial charge in [0.25, 0.3) is 5.91 Å². The Labute approximate surface area is 239 Å². The van der Waals surface area contributed by atoms with Gasteiger partial charge in [-0.2, -0.15) is 0 Å². The van der Waals surface area contributed by atoms with E-state index in [0.29, 0.717) is 58.6 Å². The van der Waals surface area contributed by atoms with Gasteiger partial charge < -0.3 is 20.9 Å². The summed E-state index contributed by atoms with van der Waals surface area (Å²) in [6.45, 7) is 2.68. The zero-order valence-electron chi connectivity index (χ0n) is 22.8. The molecule has 3 N–H and O–H groups in total. The topological polar surface area (TPSA) is 111 Å². The van der Waals surface area contributed by atoms with Gasteiger partial charge in [0.15, 0.2) is 0 Å². The maximum Gasteiger partial charge on any atom is 0.258 e. The summed E-state index contributed by atoms with van der Waals surface area (Å²) in [6.07, 6.45) is 1.19. The molecule has 0 fully saturated rings. The average Bonchev–Trinajstić information content (AvgIpc) is 3.20. The first-order chi connectivity index (χ1) is 18.9. The van der Waals surface area contributed by atoms with E-state index in [0.717, 1.165) is 11.1 Å². The molecule has 1 aliphatic rings. The van der Waals surface area contributed by atoms with Crippen LogP contribution in [0.2, 0.25) is 5.02 Å². The van der Waals surface area contributed by atoms with Crippen molar-refractivity contribution in [1.82, 2.24) is 10.2 Å². The maximum atomic E-state index is 13.2. The molecule has 0 saturated heterocycles. The summed E-state index contributed by atoms with van der Waals surface area (Å²) in [4.78, 5) is 26.6. The molecule has 0 radical (unpaired) electrons. The number of nitrogens with zero attached hydrogens (tertiary/aromatic N) is 2. The molecule has 3 aromatic rings. The predicted octanol–water partition coefficient (Wildman–Crippen LogP) is 4.24. The van der Waals surface area contributed by atoms with E-state index in [2.05, 4.69) is 16.0 Å². The summed E-state index contributed by atoms with van der Waals surface area (Å²) in [5, 5.41) is 9.58. The first-order valence-corrected chi connectivity index (χ1v) is 14.8. The first-order valence-electron chi connectivity index (χ1n) is 12.6. The molecule has 0 saturated carbocycles. The molecular weight excluding hydrogens is 550 g/mol. The Hall–Kier alpha value is -3.86. The highest BCUT2D eigenvalue weighted by molar-refractivity contribution is 7.92. The fourth-order valence-corrected chi connectivity index (χ4v) is 5.46. The third kappa shape index (κ3) is 7.01. The Bertz CT molecular complexity index is 1570. The van der Waals surface area contributed by atoms with Crippen LogP contribution in [-0.4, -0.2) is 58.6 Å². The van der Waals surface area contributed by atoms with Crippen molar-refractivity contribution in [3.63, 3.8) is 0 Å². The van der Waals surface area contributed by atoms with Gasteiger partial charge in [0.05, 0.1) is 28.9 Å². The van der Waals surface area contributed by atoms with Crippen molar-refractivity contribution in [2.45, 2.75) is 13.5 Å². The number of anilines is 3. The Kier molecular flexibility index (Phi) is 8.82. The van der Waals surface area contributed by atoms with E-state index >= 15 is 0 Å². The summed E-state index contributed by atoms with van der Waals surface area (Å²) in [6, 6.07) is 19.8. The number of nitrogens with one attached hydrogen (secondary N) is 3. The van der Waals surface area contributed by atoms with Crippen LogP contribution in [0.4, 0.5) is 17.1 Å². The lowest BCUT2D eigenvalue weighted by Crippen LogP contribution is -2.35. The van der Waals surface area contributed by atoms with E-state index in [4.69, 9.17) is 11.6 Å². The van der Waals surface area contributed by atoms with Gasteiger partial charge >= 0.3 is 0 Å². The second-order valence-corrected chi connectivity index (χ2v) is 12.2. The summed E-state index contributed by atoms with van der Waals surface area (Å²) >= 11 is 6.17. The molecule has 0 bridgehead atoms. The minimum Gasteiger partial charge on any atom is -0.354 e. The molecular formula is C29H32ClN5O4S. The fraction of sp³-hybridized carbons (Fsp3) is 0.241. The number of carbonyl (C=O) groups is 2. The zero-order chi connectivity index (χ0) is 29.0. The molecule has 2 amide bonds. The van der Waals surface area contributed by atoms with Crippen molar-refractivity contribution < 1.29 is 18.0 Å². The number of hydrogen-bond acceptors (Lipinski definition) is 6. The smallest absolute Gasteiger partial charge is 0.258 e. The van der Waals surface area contributed by atoms with Crippen LogP contribution in [0, 0.1) is 0 Å². The van der Waals surface area contributed by atoms with E-state index < -0.39 is 10.0 Å². The maximum absolute atomic E-state index is 13.2. The highest BCUT2D eigenvalue weighted by Crippen LogP contribution is 2.39. The van der Waals surface area contributed by atoms with Crippen LogP contribution in [0.5, 0.6) is 0 Å². The van der Waals surface area contributed by atoms with E-state index in [1.807, 2.05) is 43.3 Å². The molecule has 1 aliphatic heterocycles. The molecule has 0 spiro atoms. The molecule has 4 rings (SSSR count). The lowest BCUT2D eigenvalue weighted by molar-refractivity contribution is -0.119. The highest BCUT2D eigenvalue weighted by atomic mass is 35.5. The number of fused-ring (bicyclic) bond motifs is 1. The Morgan fingerprint density at radius 1 is 1.00 bits per heavy atom. The van der Waals surface area contributed by atoms with E-state index in [9.17, 15) is 18.0 Å². The standard InChI is InChI=1S/C29H32ClN5O4S/c1-19(36)31-18-20-6-5-7-21(16-20)28(27-25-13-8-22(30)17-26(25)33-29(27)37)32-23-9-11-24(12-10-23)35(40(4,38)39)15-14-34(2)3/h5-13,16-17,32H,14-15,18H2,1-4H3,(H,31,36)(H,33,37). The van der Waals surface area contributed by atoms with Crippen molar-refractivity contribution >= 4 is 61.8 Å². The van der Waals surface area contributed by atoms with Gasteiger partial charge in [-0.05, 0) is 67.7 Å². The quantitative estimate of drug-likeness (QED) is 0.309. The van der Waals surface area contributed by atoms with Crippen LogP contribution in [0.1, 0.15) is 23.6 Å². The zero-order valence-corrected chi connectivity index (χ0v) is 24.4. The van der Waals surface area contributed by atoms with Crippen molar-refractivity contribution in [1.29, 1.82) is 0 Å². The second-order valence-electron chi connectivity index (χ2n) is 9.81. The molecule has 11 heteroatoms. The van der Waals surface area contributed by atoms with E-state index in [-0.39, 0.29) is 11.8 Å². The van der Waals surface area contributed by atoms with Crippen molar-refractivity contribution in [3.8, 4) is 0 Å². The molecule has 1 heterocycles. The van der Waals surface area contributed by atoms with E-state index in [1.54, 1.807) is 42.5 Å². The Morgan fingerprint density at radius 3 is 2.38 bits per heavy atom. The van der Waals surface area contributed by atoms with Gasteiger partial charge in [0.2, 0.25) is 15.9 Å². The number of hydrogen-bond donors (Lipinski definition) is 3. The average molecular weight is 582 g/mol. The number of carbonyl (C=O) groups excluding carboxylic acids is 2. The first kappa shape index (κ1) is 29.1. The molecule has 0 atom stereocenters. The molecule has 0 aliphatic carbocycles. The SMILES string of the molecule is CC(=O)NCc1cccc(C(Nc2ccc(N(CCN(C)C)S(C)(=O)=O)cc2)=C2C(=O)Nc3cc(Cl)ccc32)c1. The number of sulfonamides is 1. The van der Waals surface area contributed by atoms with Crippen molar-refractivity contribution in [2.24, 2.45) is 0 Å². The van der Waals surface area contributed by atoms with Crippen LogP contribution in [0.25, 0.3) is 11.3 Å². The lowest BCUT2D eigenvalue weighted by atomic mass is 9.98. The number of likely N-dealkylation sites (N-methyl/N-ethyl adjacent to an activating group) is 1. The second kappa shape index (κ2) is 12.1. The third-order valence-corrected chi connectivity index (χ3v) is 7.74. The van der Waals surface area contributed by atoms with E-state index in [1.165, 1.54) is 17.5 Å². The van der Waals surface area contributed by atoms with Gasteiger partial charge in [0.1, 0.15) is 0 Å². The fourth-order valence-electron chi connectivity index (χ4n) is 4.37. The van der Waals surface area contributed by atoms with Crippen molar-refractivity contribution in [2.75, 3.05) is 48.4 Å². The molecule has 0 unspecified atom stereocenters. The summed E-state index contributed by atoms with van der Waals surface area (Å²) in [7, 11) is 0.293. The van der Waals surface area contributed by atoms with Crippen LogP contribution < -0.4 is 20.3 Å². The van der Waals surface area contributed by atoms with Gasteiger partial charge in [-0.1, -0.05) is 35.9 Å². The van der Waals surface area contributed by atoms with Crippen LogP contribution in [-0.2, 0) is 26.2 Å². The molecule has 0 aromatic heterocycles. The van der Waals surface area contributed by atoms with Crippen LogP contribution in [0.15, 0.2) is 66.7 Å². The highest BCUT2D eigenvalue weighted by Gasteiger charge is 2.29. The monoisotopic (exact) mass is 581 g/mol. The van der Waals surface area contributed by atoms with Gasteiger partial charge in [-0.3, -0.25) is 13.9 Å². The summed E-state index contributed by atoms with van der Waals surface area (Å²) < 4.78 is 26.3. The summed E-state index contributed by atoms with van der Waals surface area (Å²) in [5.74, 6) is -0.424. The Balaban J connectivity index is 1.76. The van der Waals surface area contributed by atoms with Crippen LogP contribution in [0.3, 0.4) is 0 Å². The molecule has 9 nitrogen and oxygen atoms in total. The van der Waals surface area contributed by atoms with Crippen LogP contribution >= 0.6 is 11.6 Å². The predicted molar refractivity (Wildman–Crippen MR) is 162 cm³/mol. The lowest BCUT2D eigenvalue weighted by Gasteiger charge is -2.24. The molecule has 3 aromatic carbocycles. The minimum absolute atomic E-state index is 0.142. The number of halogens is 1. The minimum atomic E-state index is -3.48. The van der Waals surface area contributed by atoms with Crippen molar-refractivity contribution in [3.05, 3.63) is 88.4 Å². The third-order valence-electron chi connectivity index (χ3n) is 6.31. The normalized spacial score (nSPS) is 14.0. The van der Waals surface area contributed by atoms with Gasteiger partial charge in [-0.25, -0.2) is 8.42 Å². The number of rotatable bonds is 10. The van der Waals surface area contributed by atoms with Gasteiger partial charge in [-0.15, -0.1) is 0 Å². The Morgan fingerprint density at radius 2 is 1.73 bits per heavy atom. The van der Waals surface area contributed by atoms with Gasteiger partial charge in [0, 0.05) is 42.8 Å². The number of amides is 2. The largest absolute Gasteiger partial charge is 0.354 e. The summed E-state index contributed by atoms with van der Waals surface area (Å²) in [5.41, 5.74) is 5.12. The molecule has 210 valence electrons. The molecule has 40 heavy (non-hydrogen) atoms. The number of benzene rings is 3.